The van der Waals surface area contributed by atoms with Gasteiger partial charge in [0.15, 0.2) is 0 Å². The van der Waals surface area contributed by atoms with E-state index in [4.69, 9.17) is 33.3 Å². The predicted molar refractivity (Wildman–Crippen MR) is 288 cm³/mol. The molecule has 2 aromatic rings. The molecular weight excluding hydrogens is 1090 g/mol. The number of carboxylic acid groups (broad SMARTS) is 1. The molecule has 73 heavy (non-hydrogen) atoms. The second-order valence-corrected chi connectivity index (χ2v) is 28.7. The number of amides is 1. The van der Waals surface area contributed by atoms with E-state index in [2.05, 4.69) is 42.1 Å². The van der Waals surface area contributed by atoms with E-state index in [9.17, 15) is 38.2 Å². The van der Waals surface area contributed by atoms with Gasteiger partial charge in [-0.2, -0.15) is 14.4 Å². The summed E-state index contributed by atoms with van der Waals surface area (Å²) in [5, 5.41) is 17.0. The third-order valence-electron chi connectivity index (χ3n) is 10.6. The van der Waals surface area contributed by atoms with Crippen LogP contribution in [0.5, 0.6) is 5.75 Å². The Morgan fingerprint density at radius 2 is 1.68 bits per heavy atom. The van der Waals surface area contributed by atoms with Gasteiger partial charge in [-0.3, -0.25) is 14.3 Å². The zero-order valence-corrected chi connectivity index (χ0v) is 47.7. The summed E-state index contributed by atoms with van der Waals surface area (Å²) in [6, 6.07) is 8.21. The summed E-state index contributed by atoms with van der Waals surface area (Å²) in [5.74, 6) is 5.20. The van der Waals surface area contributed by atoms with Gasteiger partial charge in [0, 0.05) is 75.9 Å². The average molecular weight is 1150 g/mol. The molecule has 2 aromatic carbocycles. The number of ether oxygens (including phenoxy) is 4. The maximum atomic E-state index is 13.6. The number of phosphoric ester groups is 1. The highest BCUT2D eigenvalue weighted by Gasteiger charge is 2.44. The maximum Gasteiger partial charge on any atom is 0.490 e. The number of aromatic carboxylic acids is 1. The van der Waals surface area contributed by atoms with Gasteiger partial charge >= 0.3 is 29.4 Å². The Labute approximate surface area is 442 Å². The molecule has 7 atom stereocenters. The van der Waals surface area contributed by atoms with Gasteiger partial charge in [-0.25, -0.2) is 18.5 Å². The number of benzene rings is 2. The molecule has 401 valence electrons. The van der Waals surface area contributed by atoms with E-state index in [1.54, 1.807) is 30.2 Å². The van der Waals surface area contributed by atoms with E-state index in [0.29, 0.717) is 30.2 Å². The SMILES string of the molecule is CCN=C1C=C2Oc3cc(NCC)c(C)cc3C(c3ccc(C(=O)NCC(C)(C)SSCOCC#C[B][C@H]4C[C@@H](OCSSC(C)(C)C)C(COP(=O)(O)OP(=O)(O)OP(=O)(O)O)O4)cc3C(=O)O)C2C=C1C. The van der Waals surface area contributed by atoms with Crippen molar-refractivity contribution in [2.75, 3.05) is 50.0 Å². The van der Waals surface area contributed by atoms with E-state index in [1.165, 1.54) is 38.4 Å². The third kappa shape index (κ3) is 19.1. The van der Waals surface area contributed by atoms with Gasteiger partial charge in [0.05, 0.1) is 24.0 Å². The number of allylic oxidation sites excluding steroid dienone is 3. The van der Waals surface area contributed by atoms with Crippen LogP contribution in [0.3, 0.4) is 0 Å². The fourth-order valence-electron chi connectivity index (χ4n) is 7.63. The fraction of sp³-hybridized carbons (Fsp3) is 0.533. The van der Waals surface area contributed by atoms with Gasteiger partial charge < -0.3 is 54.3 Å². The summed E-state index contributed by atoms with van der Waals surface area (Å²) in [7, 11) is -9.18. The maximum absolute atomic E-state index is 13.6. The topological polar surface area (TPSA) is 288 Å². The Morgan fingerprint density at radius 3 is 2.36 bits per heavy atom. The number of aryl methyl sites for hydroxylation is 1. The molecule has 1 radical (unpaired) electrons. The number of carboxylic acids is 1. The summed E-state index contributed by atoms with van der Waals surface area (Å²) in [5.41, 5.74) is 5.33. The van der Waals surface area contributed by atoms with Crippen LogP contribution < -0.4 is 15.4 Å². The molecule has 7 N–H and O–H groups in total. The molecule has 1 saturated heterocycles. The summed E-state index contributed by atoms with van der Waals surface area (Å²) in [6.07, 6.45) is 2.63. The molecule has 0 aromatic heterocycles. The first-order chi connectivity index (χ1) is 34.1. The zero-order valence-electron chi connectivity index (χ0n) is 41.7. The lowest BCUT2D eigenvalue weighted by atomic mass is 9.71. The van der Waals surface area contributed by atoms with Gasteiger partial charge in [-0.1, -0.05) is 82.0 Å². The van der Waals surface area contributed by atoms with Gasteiger partial charge in [-0.15, -0.1) is 0 Å². The Bertz CT molecular complexity index is 2640. The monoisotopic (exact) mass is 1150 g/mol. The van der Waals surface area contributed by atoms with Gasteiger partial charge in [0.2, 0.25) is 0 Å². The van der Waals surface area contributed by atoms with Crippen molar-refractivity contribution in [3.8, 4) is 17.5 Å². The minimum Gasteiger partial charge on any atom is -0.478 e. The van der Waals surface area contributed by atoms with Crippen LogP contribution in [0.1, 0.15) is 105 Å². The van der Waals surface area contributed by atoms with E-state index in [-0.39, 0.29) is 53.2 Å². The molecule has 5 rings (SSSR count). The molecule has 1 aliphatic carbocycles. The van der Waals surface area contributed by atoms with Crippen molar-refractivity contribution in [3.63, 3.8) is 0 Å². The van der Waals surface area contributed by atoms with E-state index >= 15 is 0 Å². The van der Waals surface area contributed by atoms with Crippen LogP contribution in [0.4, 0.5) is 5.69 Å². The van der Waals surface area contributed by atoms with Crippen LogP contribution in [-0.4, -0.2) is 122 Å². The van der Waals surface area contributed by atoms with Crippen LogP contribution >= 0.6 is 66.6 Å². The lowest BCUT2D eigenvalue weighted by molar-refractivity contribution is -0.0240. The fourth-order valence-corrected chi connectivity index (χ4v) is 14.8. The number of fused-ring (bicyclic) bond motifs is 2. The first-order valence-corrected chi connectivity index (χ1v) is 32.0. The first-order valence-electron chi connectivity index (χ1n) is 22.8. The summed E-state index contributed by atoms with van der Waals surface area (Å²) >= 11 is 0. The van der Waals surface area contributed by atoms with Gasteiger partial charge in [-0.05, 0) is 82.9 Å². The Kier molecular flexibility index (Phi) is 22.4. The summed E-state index contributed by atoms with van der Waals surface area (Å²) in [6.45, 7) is 18.9. The summed E-state index contributed by atoms with van der Waals surface area (Å²) in [4.78, 5) is 68.3. The van der Waals surface area contributed by atoms with Crippen LogP contribution in [0.15, 0.2) is 58.8 Å². The molecule has 3 aliphatic rings. The smallest absolute Gasteiger partial charge is 0.478 e. The third-order valence-corrected chi connectivity index (χ3v) is 20.4. The highest BCUT2D eigenvalue weighted by molar-refractivity contribution is 8.77. The second-order valence-electron chi connectivity index (χ2n) is 18.3. The number of rotatable bonds is 25. The highest BCUT2D eigenvalue weighted by Crippen LogP contribution is 2.66. The number of nitrogens with one attached hydrogen (secondary N) is 2. The molecular formula is C45H62BN3O17P3S4. The molecule has 1 amide bonds. The molecule has 5 unspecified atom stereocenters. The minimum atomic E-state index is -5.70. The number of aliphatic imine (C=N–C) groups is 1. The molecule has 20 nitrogen and oxygen atoms in total. The Morgan fingerprint density at radius 1 is 0.959 bits per heavy atom. The van der Waals surface area contributed by atoms with Crippen LogP contribution in [0, 0.1) is 24.6 Å². The van der Waals surface area contributed by atoms with Crippen molar-refractivity contribution in [2.45, 2.75) is 102 Å². The molecule has 0 saturated carbocycles. The van der Waals surface area contributed by atoms with Gasteiger partial charge in [0.25, 0.3) is 13.2 Å². The normalized spacial score (nSPS) is 22.0. The predicted octanol–water partition coefficient (Wildman–Crippen LogP) is 9.08. The van der Waals surface area contributed by atoms with Crippen molar-refractivity contribution in [1.82, 2.24) is 5.32 Å². The average Bonchev–Trinajstić information content (AvgIpc) is 3.67. The summed E-state index contributed by atoms with van der Waals surface area (Å²) < 4.78 is 71.0. The number of hydrogen-bond donors (Lipinski definition) is 7. The second kappa shape index (κ2) is 26.7. The van der Waals surface area contributed by atoms with Gasteiger partial charge in [0.1, 0.15) is 36.1 Å². The van der Waals surface area contributed by atoms with Crippen molar-refractivity contribution < 1.29 is 80.1 Å². The molecule has 0 bridgehead atoms. The minimum absolute atomic E-state index is 0.0192. The van der Waals surface area contributed by atoms with E-state index in [1.807, 2.05) is 80.5 Å². The molecule has 1 fully saturated rings. The first kappa shape index (κ1) is 61.3. The lowest BCUT2D eigenvalue weighted by Crippen LogP contribution is -2.36. The van der Waals surface area contributed by atoms with Crippen LogP contribution in [0.25, 0.3) is 0 Å². The van der Waals surface area contributed by atoms with Crippen molar-refractivity contribution in [1.29, 1.82) is 0 Å². The number of carbonyl (C=O) groups excluding carboxylic acids is 1. The highest BCUT2D eigenvalue weighted by atomic mass is 33.1. The number of hydrogen-bond acceptors (Lipinski definition) is 18. The largest absolute Gasteiger partial charge is 0.490 e. The van der Waals surface area contributed by atoms with Crippen molar-refractivity contribution >= 4 is 97.2 Å². The van der Waals surface area contributed by atoms with Crippen molar-refractivity contribution in [2.24, 2.45) is 10.9 Å². The molecule has 2 heterocycles. The van der Waals surface area contributed by atoms with Crippen LogP contribution in [0.2, 0.25) is 0 Å². The van der Waals surface area contributed by atoms with E-state index in [0.717, 1.165) is 28.1 Å². The number of nitrogens with zero attached hydrogens (tertiary/aromatic N) is 1. The number of carbonyl (C=O) groups is 2. The lowest BCUT2D eigenvalue weighted by Gasteiger charge is -2.37. The molecule has 2 aliphatic heterocycles. The number of phosphoric acid groups is 3. The zero-order chi connectivity index (χ0) is 53.9. The van der Waals surface area contributed by atoms with Crippen molar-refractivity contribution in [3.05, 3.63) is 81.6 Å². The standard InChI is InChI=1S/C45H62BN3O17P3S4/c1-10-47-34-20-36-32(17-27(34)3)41(33-18-28(4)35(48-11-2)21-37(33)63-36)30-14-13-29(19-31(30)43(51)52)42(50)49-24-45(8,9)73-70-25-60-16-12-15-46-40-22-38(61-26-71-72-44(5,6)7)39(64-40)23-62-68(56,57)66-69(58,59)65-67(53,54)55/h13-14,17-21,32,38-41,48H,10-11,16,22-26H2,1-9H3,(H,49,50)(H,51,52)(H,56,57)(H,58,59)(H2,53,54,55)/t32?,38-,39?,40-,41?/m1/s1. The van der Waals surface area contributed by atoms with E-state index < -0.39 is 70.8 Å². The van der Waals surface area contributed by atoms with Crippen LogP contribution in [-0.2, 0) is 41.1 Å². The quantitative estimate of drug-likeness (QED) is 0.0122. The Balaban J connectivity index is 1.13. The number of anilines is 1. The Hall–Kier alpha value is -2.56. The molecule has 0 spiro atoms. The molecule has 28 heteroatoms.